The number of nitrogens with zero attached hydrogens (tertiary/aromatic N) is 5. The number of fused-ring (bicyclic) bond motifs is 6. The summed E-state index contributed by atoms with van der Waals surface area (Å²) in [6.45, 7) is 0. The van der Waals surface area contributed by atoms with E-state index in [4.69, 9.17) is 0 Å². The van der Waals surface area contributed by atoms with Gasteiger partial charge in [0.2, 0.25) is 0 Å². The van der Waals surface area contributed by atoms with Crippen LogP contribution in [0, 0.1) is 34.0 Å². The molecule has 2 aromatic heterocycles. The molecule has 0 fully saturated rings. The molecule has 0 atom stereocenters. The van der Waals surface area contributed by atoms with Crippen molar-refractivity contribution in [3.8, 4) is 51.8 Å². The Hall–Kier alpha value is -7.39. The molecule has 0 aliphatic rings. The van der Waals surface area contributed by atoms with E-state index in [0.717, 1.165) is 55.4 Å². The molecule has 0 aliphatic carbocycles. The van der Waals surface area contributed by atoms with E-state index in [1.807, 2.05) is 42.5 Å². The lowest BCUT2D eigenvalue weighted by Gasteiger charge is -2.16. The van der Waals surface area contributed by atoms with Crippen LogP contribution in [0.1, 0.15) is 16.7 Å². The van der Waals surface area contributed by atoms with Crippen LogP contribution in [-0.2, 0) is 0 Å². The van der Waals surface area contributed by atoms with Crippen LogP contribution in [0.15, 0.2) is 152 Å². The molecular weight excluding hydrogens is 611 g/mol. The third kappa shape index (κ3) is 4.45. The number of hydrogen-bond acceptors (Lipinski definition) is 3. The minimum Gasteiger partial charge on any atom is -0.309 e. The Balaban J connectivity index is 1.18. The number of hydrogen-bond donors (Lipinski definition) is 0. The van der Waals surface area contributed by atoms with E-state index in [-0.39, 0.29) is 0 Å². The van der Waals surface area contributed by atoms with Crippen LogP contribution in [0.3, 0.4) is 0 Å². The first-order chi connectivity index (χ1) is 24.6. The summed E-state index contributed by atoms with van der Waals surface area (Å²) in [5.74, 6) is 0. The van der Waals surface area contributed by atoms with Gasteiger partial charge in [0.05, 0.1) is 62.7 Å². The molecule has 5 heteroatoms. The number of rotatable bonds is 4. The molecule has 5 nitrogen and oxygen atoms in total. The molecule has 0 aliphatic heterocycles. The van der Waals surface area contributed by atoms with Crippen molar-refractivity contribution in [1.29, 1.82) is 15.8 Å². The van der Waals surface area contributed by atoms with E-state index in [2.05, 4.69) is 124 Å². The van der Waals surface area contributed by atoms with E-state index < -0.39 is 0 Å². The minimum atomic E-state index is 0.540. The normalized spacial score (nSPS) is 11.1. The predicted octanol–water partition coefficient (Wildman–Crippen LogP) is 10.8. The maximum Gasteiger partial charge on any atom is 0.0992 e. The Labute approximate surface area is 287 Å². The van der Waals surface area contributed by atoms with E-state index in [9.17, 15) is 15.8 Å². The standard InChI is InChI=1S/C45H25N5/c46-26-29-13-20-43-39(22-29)40-23-30(27-47)14-21-44(40)50(43)45-24-31(28-48)12-19-36(45)34-7-5-6-33(25-34)32-15-17-35(18-16-32)49-41-10-3-1-8-37(41)38-9-2-4-11-42(38)49/h1-25H. The van der Waals surface area contributed by atoms with Gasteiger partial charge >= 0.3 is 0 Å². The fourth-order valence-corrected chi connectivity index (χ4v) is 7.32. The van der Waals surface area contributed by atoms with Gasteiger partial charge in [-0.1, -0.05) is 72.8 Å². The van der Waals surface area contributed by atoms with Gasteiger partial charge in [-0.3, -0.25) is 0 Å². The summed E-state index contributed by atoms with van der Waals surface area (Å²) in [4.78, 5) is 0. The zero-order chi connectivity index (χ0) is 33.8. The zero-order valence-electron chi connectivity index (χ0n) is 26.7. The van der Waals surface area contributed by atoms with E-state index in [1.54, 1.807) is 12.1 Å². The number of para-hydroxylation sites is 2. The van der Waals surface area contributed by atoms with E-state index in [1.165, 1.54) is 21.8 Å². The fourth-order valence-electron chi connectivity index (χ4n) is 7.32. The minimum absolute atomic E-state index is 0.540. The van der Waals surface area contributed by atoms with Crippen molar-refractivity contribution in [2.75, 3.05) is 0 Å². The number of nitriles is 3. The summed E-state index contributed by atoms with van der Waals surface area (Å²) in [7, 11) is 0. The lowest BCUT2D eigenvalue weighted by atomic mass is 9.96. The molecule has 0 unspecified atom stereocenters. The quantitative estimate of drug-likeness (QED) is 0.193. The Morgan fingerprint density at radius 3 is 1.48 bits per heavy atom. The van der Waals surface area contributed by atoms with Crippen LogP contribution >= 0.6 is 0 Å². The summed E-state index contributed by atoms with van der Waals surface area (Å²) in [5, 5.41) is 33.5. The highest BCUT2D eigenvalue weighted by molar-refractivity contribution is 6.11. The smallest absolute Gasteiger partial charge is 0.0992 e. The maximum atomic E-state index is 9.95. The van der Waals surface area contributed by atoms with Crippen LogP contribution in [0.4, 0.5) is 0 Å². The second-order valence-electron chi connectivity index (χ2n) is 12.4. The Morgan fingerprint density at radius 2 is 0.880 bits per heavy atom. The molecule has 2 heterocycles. The topological polar surface area (TPSA) is 81.2 Å². The lowest BCUT2D eigenvalue weighted by molar-refractivity contribution is 1.18. The van der Waals surface area contributed by atoms with Gasteiger partial charge in [0, 0.05) is 32.8 Å². The largest absolute Gasteiger partial charge is 0.309 e. The average molecular weight is 636 g/mol. The third-order valence-corrected chi connectivity index (χ3v) is 9.60. The van der Waals surface area contributed by atoms with Gasteiger partial charge in [0.1, 0.15) is 0 Å². The van der Waals surface area contributed by atoms with Gasteiger partial charge < -0.3 is 9.13 Å². The summed E-state index contributed by atoms with van der Waals surface area (Å²) in [6.07, 6.45) is 0. The molecule has 0 bridgehead atoms. The van der Waals surface area contributed by atoms with Crippen molar-refractivity contribution in [1.82, 2.24) is 9.13 Å². The van der Waals surface area contributed by atoms with Gasteiger partial charge in [0.15, 0.2) is 0 Å². The monoisotopic (exact) mass is 635 g/mol. The van der Waals surface area contributed by atoms with E-state index in [0.29, 0.717) is 16.7 Å². The lowest BCUT2D eigenvalue weighted by Crippen LogP contribution is -1.98. The molecule has 50 heavy (non-hydrogen) atoms. The molecule has 0 radical (unpaired) electrons. The van der Waals surface area contributed by atoms with Crippen molar-refractivity contribution in [3.05, 3.63) is 168 Å². The van der Waals surface area contributed by atoms with Crippen molar-refractivity contribution < 1.29 is 0 Å². The van der Waals surface area contributed by atoms with Crippen molar-refractivity contribution in [3.63, 3.8) is 0 Å². The second-order valence-corrected chi connectivity index (χ2v) is 12.4. The number of benzene rings is 7. The van der Waals surface area contributed by atoms with Crippen molar-refractivity contribution in [2.45, 2.75) is 0 Å². The Morgan fingerprint density at radius 1 is 0.360 bits per heavy atom. The molecule has 0 N–H and O–H groups in total. The molecule has 0 saturated carbocycles. The molecule has 7 aromatic carbocycles. The fraction of sp³-hybridized carbons (Fsp3) is 0. The van der Waals surface area contributed by atoms with Crippen molar-refractivity contribution in [2.24, 2.45) is 0 Å². The van der Waals surface area contributed by atoms with Crippen molar-refractivity contribution >= 4 is 43.6 Å². The highest BCUT2D eigenvalue weighted by atomic mass is 15.0. The predicted molar refractivity (Wildman–Crippen MR) is 200 cm³/mol. The average Bonchev–Trinajstić information content (AvgIpc) is 3.69. The molecule has 0 saturated heterocycles. The third-order valence-electron chi connectivity index (χ3n) is 9.60. The van der Waals surface area contributed by atoms with Crippen LogP contribution < -0.4 is 0 Å². The molecule has 230 valence electrons. The first-order valence-corrected chi connectivity index (χ1v) is 16.3. The highest BCUT2D eigenvalue weighted by Gasteiger charge is 2.18. The molecule has 0 amide bonds. The van der Waals surface area contributed by atoms with Crippen LogP contribution in [0.5, 0.6) is 0 Å². The van der Waals surface area contributed by atoms with Crippen LogP contribution in [0.2, 0.25) is 0 Å². The van der Waals surface area contributed by atoms with E-state index >= 15 is 0 Å². The van der Waals surface area contributed by atoms with Gasteiger partial charge in [-0.05, 0) is 95.6 Å². The SMILES string of the molecule is N#Cc1ccc(-c2cccc(-c3ccc(-n4c5ccccc5c5ccccc54)cc3)c2)c(-n2c3ccc(C#N)cc3c3cc(C#N)ccc32)c1. The molecule has 9 aromatic rings. The maximum absolute atomic E-state index is 9.95. The van der Waals surface area contributed by atoms with Gasteiger partial charge in [-0.2, -0.15) is 15.8 Å². The highest BCUT2D eigenvalue weighted by Crippen LogP contribution is 2.39. The summed E-state index contributed by atoms with van der Waals surface area (Å²) in [5.41, 5.74) is 11.8. The first-order valence-electron chi connectivity index (χ1n) is 16.3. The summed E-state index contributed by atoms with van der Waals surface area (Å²) in [6, 6.07) is 58.0. The van der Waals surface area contributed by atoms with Gasteiger partial charge in [-0.15, -0.1) is 0 Å². The first kappa shape index (κ1) is 28.8. The summed E-state index contributed by atoms with van der Waals surface area (Å²) < 4.78 is 4.45. The van der Waals surface area contributed by atoms with Gasteiger partial charge in [0.25, 0.3) is 0 Å². The zero-order valence-corrected chi connectivity index (χ0v) is 26.7. The van der Waals surface area contributed by atoms with Crippen LogP contribution in [-0.4, -0.2) is 9.13 Å². The Kier molecular flexibility index (Phi) is 6.56. The molecule has 9 rings (SSSR count). The van der Waals surface area contributed by atoms with Crippen LogP contribution in [0.25, 0.3) is 77.2 Å². The second kappa shape index (κ2) is 11.4. The van der Waals surface area contributed by atoms with Gasteiger partial charge in [-0.25, -0.2) is 0 Å². The Bertz CT molecular complexity index is 2830. The molecular formula is C45H25N5. The summed E-state index contributed by atoms with van der Waals surface area (Å²) >= 11 is 0. The number of aromatic nitrogens is 2. The molecule has 0 spiro atoms.